The van der Waals surface area contributed by atoms with Crippen molar-refractivity contribution in [3.8, 4) is 11.5 Å². The van der Waals surface area contributed by atoms with Crippen molar-refractivity contribution in [2.45, 2.75) is 18.3 Å². The normalized spacial score (nSPS) is 11.1. The molecule has 0 aliphatic heterocycles. The van der Waals surface area contributed by atoms with E-state index in [-0.39, 0.29) is 25.4 Å². The van der Waals surface area contributed by atoms with E-state index >= 15 is 0 Å². The first kappa shape index (κ1) is 18.4. The zero-order valence-electron chi connectivity index (χ0n) is 11.9. The summed E-state index contributed by atoms with van der Waals surface area (Å²) >= 11 is -0.630. The smallest absolute Gasteiger partial charge is 0.469 e. The summed E-state index contributed by atoms with van der Waals surface area (Å²) in [6, 6.07) is 4.39. The quantitative estimate of drug-likeness (QED) is 0.411. The van der Waals surface area contributed by atoms with Gasteiger partial charge in [-0.3, -0.25) is 4.79 Å². The number of methoxy groups -OCH3 is 2. The number of carbonyl (C=O) groups is 1. The molecule has 0 aromatic heterocycles. The maximum Gasteiger partial charge on any atom is 0.479 e. The number of carbonyl (C=O) groups excluding carboxylic acids is 1. The van der Waals surface area contributed by atoms with Crippen LogP contribution in [0.5, 0.6) is 11.5 Å². The third-order valence-corrected chi connectivity index (χ3v) is 2.89. The molecule has 0 heterocycles. The largest absolute Gasteiger partial charge is 0.479 e. The summed E-state index contributed by atoms with van der Waals surface area (Å²) in [7, 11) is 2.66. The maximum atomic E-state index is 12.3. The van der Waals surface area contributed by atoms with E-state index in [9.17, 15) is 18.0 Å². The second kappa shape index (κ2) is 8.74. The highest BCUT2D eigenvalue weighted by Crippen LogP contribution is 2.36. The Morgan fingerprint density at radius 2 is 2.00 bits per heavy atom. The lowest BCUT2D eigenvalue weighted by atomic mass is 10.1. The third kappa shape index (κ3) is 6.90. The standard InChI is InChI=1S/C13H15F3O5S/c1-18-8-20-10-5-3-9(4-6-12(17)19-2)11(7-10)21-22-13(14,15)16/h3,5,7H,4,6,8H2,1-2H3. The first-order chi connectivity index (χ1) is 10.4. The van der Waals surface area contributed by atoms with Crippen LogP contribution in [-0.4, -0.2) is 32.5 Å². The number of hydrogen-bond donors (Lipinski definition) is 0. The molecule has 0 radical (unpaired) electrons. The number of alkyl halides is 3. The number of rotatable bonds is 8. The predicted octanol–water partition coefficient (Wildman–Crippen LogP) is 3.32. The second-order valence-electron chi connectivity index (χ2n) is 4.01. The number of halogens is 3. The van der Waals surface area contributed by atoms with E-state index in [1.54, 1.807) is 6.07 Å². The van der Waals surface area contributed by atoms with Crippen LogP contribution in [0.15, 0.2) is 18.2 Å². The Morgan fingerprint density at radius 1 is 1.27 bits per heavy atom. The number of esters is 1. The molecule has 5 nitrogen and oxygen atoms in total. The molecular formula is C13H15F3O5S. The monoisotopic (exact) mass is 340 g/mol. The second-order valence-corrected chi connectivity index (χ2v) is 4.81. The van der Waals surface area contributed by atoms with Crippen LogP contribution >= 0.6 is 12.0 Å². The van der Waals surface area contributed by atoms with Gasteiger partial charge in [0.25, 0.3) is 0 Å². The van der Waals surface area contributed by atoms with Gasteiger partial charge in [0.2, 0.25) is 0 Å². The lowest BCUT2D eigenvalue weighted by Crippen LogP contribution is -2.06. The number of hydrogen-bond acceptors (Lipinski definition) is 6. The molecule has 0 aliphatic carbocycles. The van der Waals surface area contributed by atoms with Gasteiger partial charge in [0.15, 0.2) is 18.8 Å². The Bertz CT molecular complexity index is 493. The van der Waals surface area contributed by atoms with Crippen molar-refractivity contribution >= 4 is 18.0 Å². The molecule has 0 atom stereocenters. The molecule has 124 valence electrons. The van der Waals surface area contributed by atoms with Crippen molar-refractivity contribution in [1.29, 1.82) is 0 Å². The Kier molecular flexibility index (Phi) is 7.33. The first-order valence-electron chi connectivity index (χ1n) is 6.09. The fourth-order valence-corrected chi connectivity index (χ4v) is 1.81. The van der Waals surface area contributed by atoms with E-state index in [2.05, 4.69) is 4.74 Å². The molecule has 0 spiro atoms. The van der Waals surface area contributed by atoms with Gasteiger partial charge in [0, 0.05) is 19.6 Å². The van der Waals surface area contributed by atoms with Gasteiger partial charge >= 0.3 is 11.5 Å². The van der Waals surface area contributed by atoms with Crippen LogP contribution in [0.3, 0.4) is 0 Å². The van der Waals surface area contributed by atoms with Gasteiger partial charge in [-0.15, -0.1) is 0 Å². The average molecular weight is 340 g/mol. The first-order valence-corrected chi connectivity index (χ1v) is 6.83. The number of ether oxygens (including phenoxy) is 3. The van der Waals surface area contributed by atoms with Crippen molar-refractivity contribution in [2.75, 3.05) is 21.0 Å². The molecule has 0 bridgehead atoms. The van der Waals surface area contributed by atoms with Gasteiger partial charge in [-0.25, -0.2) is 0 Å². The molecule has 0 fully saturated rings. The van der Waals surface area contributed by atoms with Crippen LogP contribution in [0.2, 0.25) is 0 Å². The molecule has 0 N–H and O–H groups in total. The molecule has 0 unspecified atom stereocenters. The SMILES string of the molecule is COCOc1ccc(CCC(=O)OC)c(OSC(F)(F)F)c1. The topological polar surface area (TPSA) is 54.0 Å². The van der Waals surface area contributed by atoms with Gasteiger partial charge in [0.05, 0.1) is 7.11 Å². The highest BCUT2D eigenvalue weighted by Gasteiger charge is 2.32. The Balaban J connectivity index is 2.85. The van der Waals surface area contributed by atoms with E-state index in [0.29, 0.717) is 11.3 Å². The molecule has 1 aromatic rings. The molecule has 9 heteroatoms. The zero-order valence-corrected chi connectivity index (χ0v) is 12.8. The number of benzene rings is 1. The van der Waals surface area contributed by atoms with Gasteiger partial charge in [-0.05, 0) is 18.1 Å². The van der Waals surface area contributed by atoms with E-state index in [0.717, 1.165) is 0 Å². The predicted molar refractivity (Wildman–Crippen MR) is 73.6 cm³/mol. The Morgan fingerprint density at radius 3 is 2.59 bits per heavy atom. The van der Waals surface area contributed by atoms with Crippen molar-refractivity contribution in [3.63, 3.8) is 0 Å². The van der Waals surface area contributed by atoms with Crippen LogP contribution < -0.4 is 8.92 Å². The summed E-state index contributed by atoms with van der Waals surface area (Å²) in [6.45, 7) is -0.0483. The zero-order chi connectivity index (χ0) is 16.6. The number of aryl methyl sites for hydroxylation is 1. The van der Waals surface area contributed by atoms with Crippen LogP contribution in [0.25, 0.3) is 0 Å². The van der Waals surface area contributed by atoms with E-state index in [4.69, 9.17) is 13.7 Å². The highest BCUT2D eigenvalue weighted by atomic mass is 32.2. The van der Waals surface area contributed by atoms with Crippen molar-refractivity contribution in [2.24, 2.45) is 0 Å². The lowest BCUT2D eigenvalue weighted by Gasteiger charge is -2.13. The summed E-state index contributed by atoms with van der Waals surface area (Å²) < 4.78 is 55.8. The van der Waals surface area contributed by atoms with Gasteiger partial charge < -0.3 is 18.4 Å². The van der Waals surface area contributed by atoms with Crippen LogP contribution in [0.4, 0.5) is 13.2 Å². The fraction of sp³-hybridized carbons (Fsp3) is 0.462. The van der Waals surface area contributed by atoms with Crippen LogP contribution in [-0.2, 0) is 20.7 Å². The summed E-state index contributed by atoms with van der Waals surface area (Å²) in [6.07, 6.45) is 0.215. The lowest BCUT2D eigenvalue weighted by molar-refractivity contribution is -0.140. The minimum atomic E-state index is -4.54. The minimum Gasteiger partial charge on any atom is -0.469 e. The van der Waals surface area contributed by atoms with E-state index < -0.39 is 23.5 Å². The van der Waals surface area contributed by atoms with Crippen molar-refractivity contribution in [3.05, 3.63) is 23.8 Å². The summed E-state index contributed by atoms with van der Waals surface area (Å²) in [5.41, 5.74) is -4.10. The molecule has 0 saturated carbocycles. The highest BCUT2D eigenvalue weighted by molar-refractivity contribution is 7.95. The van der Waals surface area contributed by atoms with E-state index in [1.165, 1.54) is 26.4 Å². The van der Waals surface area contributed by atoms with E-state index in [1.807, 2.05) is 0 Å². The summed E-state index contributed by atoms with van der Waals surface area (Å²) in [5.74, 6) is -0.199. The Hall–Kier alpha value is -1.61. The van der Waals surface area contributed by atoms with Crippen molar-refractivity contribution in [1.82, 2.24) is 0 Å². The summed E-state index contributed by atoms with van der Waals surface area (Å²) in [5, 5.41) is 0. The molecule has 0 amide bonds. The van der Waals surface area contributed by atoms with Gasteiger partial charge in [-0.1, -0.05) is 6.07 Å². The molecule has 0 aliphatic rings. The third-order valence-electron chi connectivity index (χ3n) is 2.43. The van der Waals surface area contributed by atoms with Gasteiger partial charge in [0.1, 0.15) is 11.5 Å². The fourth-order valence-electron chi connectivity index (χ4n) is 1.47. The maximum absolute atomic E-state index is 12.3. The van der Waals surface area contributed by atoms with Crippen LogP contribution in [0, 0.1) is 0 Å². The van der Waals surface area contributed by atoms with Crippen LogP contribution in [0.1, 0.15) is 12.0 Å². The molecule has 1 rings (SSSR count). The molecular weight excluding hydrogens is 325 g/mol. The minimum absolute atomic E-state index is 0.0279. The Labute approximate surface area is 129 Å². The summed E-state index contributed by atoms with van der Waals surface area (Å²) in [4.78, 5) is 11.1. The molecule has 22 heavy (non-hydrogen) atoms. The average Bonchev–Trinajstić information content (AvgIpc) is 2.48. The van der Waals surface area contributed by atoms with Gasteiger partial charge in [-0.2, -0.15) is 13.2 Å². The van der Waals surface area contributed by atoms with Crippen molar-refractivity contribution < 1.29 is 36.4 Å². The molecule has 0 saturated heterocycles. The molecule has 1 aromatic carbocycles.